The van der Waals surface area contributed by atoms with Crippen LogP contribution in [0.15, 0.2) is 72.8 Å². The highest BCUT2D eigenvalue weighted by Gasteiger charge is 2.25. The van der Waals surface area contributed by atoms with Crippen molar-refractivity contribution in [3.8, 4) is 11.5 Å². The number of rotatable bonds is 9. The van der Waals surface area contributed by atoms with Crippen LogP contribution in [0.2, 0.25) is 0 Å². The van der Waals surface area contributed by atoms with Gasteiger partial charge in [0.25, 0.3) is 0 Å². The lowest BCUT2D eigenvalue weighted by Gasteiger charge is -2.29. The smallest absolute Gasteiger partial charge is 0.127 e. The fourth-order valence-electron chi connectivity index (χ4n) is 3.53. The van der Waals surface area contributed by atoms with Gasteiger partial charge in [-0.3, -0.25) is 0 Å². The molecule has 2 heteroatoms. The van der Waals surface area contributed by atoms with Gasteiger partial charge in [-0.2, -0.15) is 0 Å². The fraction of sp³-hybridized carbons (Fsp3) is 0.333. The minimum absolute atomic E-state index is 0.00969. The fourth-order valence-corrected chi connectivity index (χ4v) is 3.53. The van der Waals surface area contributed by atoms with E-state index in [0.717, 1.165) is 29.9 Å². The van der Waals surface area contributed by atoms with Crippen LogP contribution in [-0.4, -0.2) is 6.61 Å². The standard InChI is InChI=1S/C27H32O2/c1-5-23-18-24(16-15-21(23)3)27(4,6-2)20-28-19-22-11-10-14-26(17-22)29-25-12-8-7-9-13-25/h7-18H,5-6,19-20H2,1-4H3. The number of para-hydroxylation sites is 1. The van der Waals surface area contributed by atoms with Crippen LogP contribution in [0, 0.1) is 6.92 Å². The van der Waals surface area contributed by atoms with Crippen molar-refractivity contribution < 1.29 is 9.47 Å². The lowest BCUT2D eigenvalue weighted by Crippen LogP contribution is -2.27. The van der Waals surface area contributed by atoms with Gasteiger partial charge in [0.2, 0.25) is 0 Å². The average Bonchev–Trinajstić information content (AvgIpc) is 2.75. The number of benzene rings is 3. The molecule has 0 amide bonds. The molecule has 0 aromatic heterocycles. The lowest BCUT2D eigenvalue weighted by molar-refractivity contribution is 0.0747. The second kappa shape index (κ2) is 9.76. The number of hydrogen-bond donors (Lipinski definition) is 0. The van der Waals surface area contributed by atoms with E-state index in [-0.39, 0.29) is 5.41 Å². The van der Waals surface area contributed by atoms with Crippen LogP contribution in [0.3, 0.4) is 0 Å². The Morgan fingerprint density at radius 2 is 1.59 bits per heavy atom. The molecule has 0 aliphatic carbocycles. The van der Waals surface area contributed by atoms with Crippen molar-refractivity contribution in [3.05, 3.63) is 95.1 Å². The molecule has 0 spiro atoms. The van der Waals surface area contributed by atoms with E-state index in [4.69, 9.17) is 9.47 Å². The maximum Gasteiger partial charge on any atom is 0.127 e. The molecule has 152 valence electrons. The van der Waals surface area contributed by atoms with Crippen molar-refractivity contribution in [3.63, 3.8) is 0 Å². The Bertz CT molecular complexity index is 917. The van der Waals surface area contributed by atoms with Gasteiger partial charge in [0.05, 0.1) is 13.2 Å². The summed E-state index contributed by atoms with van der Waals surface area (Å²) in [7, 11) is 0. The first-order chi connectivity index (χ1) is 14.0. The minimum Gasteiger partial charge on any atom is -0.457 e. The summed E-state index contributed by atoms with van der Waals surface area (Å²) in [6, 6.07) is 24.8. The first kappa shape index (κ1) is 21.1. The summed E-state index contributed by atoms with van der Waals surface area (Å²) in [5, 5.41) is 0. The predicted octanol–water partition coefficient (Wildman–Crippen LogP) is 7.23. The average molecular weight is 389 g/mol. The van der Waals surface area contributed by atoms with Gasteiger partial charge >= 0.3 is 0 Å². The monoisotopic (exact) mass is 388 g/mol. The molecule has 1 unspecified atom stereocenters. The van der Waals surface area contributed by atoms with Gasteiger partial charge in [-0.05, 0) is 66.3 Å². The van der Waals surface area contributed by atoms with E-state index in [2.05, 4.69) is 58.0 Å². The Kier molecular flexibility index (Phi) is 7.11. The quantitative estimate of drug-likeness (QED) is 0.385. The van der Waals surface area contributed by atoms with Crippen molar-refractivity contribution in [2.24, 2.45) is 0 Å². The van der Waals surface area contributed by atoms with E-state index >= 15 is 0 Å². The third kappa shape index (κ3) is 5.48. The van der Waals surface area contributed by atoms with Gasteiger partial charge in [-0.1, -0.05) is 69.3 Å². The molecule has 1 atom stereocenters. The third-order valence-electron chi connectivity index (χ3n) is 5.77. The molecule has 0 N–H and O–H groups in total. The maximum atomic E-state index is 6.18. The molecule has 0 radical (unpaired) electrons. The van der Waals surface area contributed by atoms with E-state index in [1.54, 1.807) is 0 Å². The molecular weight excluding hydrogens is 356 g/mol. The Morgan fingerprint density at radius 1 is 0.828 bits per heavy atom. The zero-order valence-corrected chi connectivity index (χ0v) is 18.1. The molecule has 3 aromatic carbocycles. The molecule has 0 aliphatic heterocycles. The topological polar surface area (TPSA) is 18.5 Å². The largest absolute Gasteiger partial charge is 0.457 e. The van der Waals surface area contributed by atoms with Gasteiger partial charge in [0.15, 0.2) is 0 Å². The van der Waals surface area contributed by atoms with Crippen molar-refractivity contribution in [2.45, 2.75) is 52.6 Å². The van der Waals surface area contributed by atoms with Gasteiger partial charge in [-0.25, -0.2) is 0 Å². The summed E-state index contributed by atoms with van der Waals surface area (Å²) in [6.45, 7) is 10.2. The second-order valence-corrected chi connectivity index (χ2v) is 7.96. The first-order valence-electron chi connectivity index (χ1n) is 10.5. The maximum absolute atomic E-state index is 6.18. The van der Waals surface area contributed by atoms with Gasteiger partial charge in [0, 0.05) is 5.41 Å². The van der Waals surface area contributed by atoms with Crippen molar-refractivity contribution in [2.75, 3.05) is 6.61 Å². The highest BCUT2D eigenvalue weighted by Crippen LogP contribution is 2.30. The molecule has 0 fully saturated rings. The molecule has 0 saturated carbocycles. The van der Waals surface area contributed by atoms with Crippen molar-refractivity contribution in [1.29, 1.82) is 0 Å². The highest BCUT2D eigenvalue weighted by atomic mass is 16.5. The van der Waals surface area contributed by atoms with E-state index < -0.39 is 0 Å². The van der Waals surface area contributed by atoms with E-state index in [9.17, 15) is 0 Å². The molecule has 0 aliphatic rings. The van der Waals surface area contributed by atoms with Crippen LogP contribution < -0.4 is 4.74 Å². The molecule has 0 bridgehead atoms. The normalized spacial score (nSPS) is 13.1. The van der Waals surface area contributed by atoms with E-state index in [0.29, 0.717) is 13.2 Å². The van der Waals surface area contributed by atoms with Crippen molar-refractivity contribution >= 4 is 0 Å². The predicted molar refractivity (Wildman–Crippen MR) is 121 cm³/mol. The summed E-state index contributed by atoms with van der Waals surface area (Å²) in [5.41, 5.74) is 5.29. The molecule has 3 rings (SSSR count). The molecule has 0 heterocycles. The number of aryl methyl sites for hydroxylation is 2. The summed E-state index contributed by atoms with van der Waals surface area (Å²) in [5.74, 6) is 1.68. The molecule has 0 saturated heterocycles. The summed E-state index contributed by atoms with van der Waals surface area (Å²) >= 11 is 0. The SMILES string of the molecule is CCc1cc(C(C)(CC)COCc2cccc(Oc3ccccc3)c2)ccc1C. The summed E-state index contributed by atoms with van der Waals surface area (Å²) < 4.78 is 12.1. The van der Waals surface area contributed by atoms with Crippen LogP contribution in [0.25, 0.3) is 0 Å². The van der Waals surface area contributed by atoms with Gasteiger partial charge in [0.1, 0.15) is 11.5 Å². The Labute approximate surface area is 175 Å². The zero-order valence-electron chi connectivity index (χ0n) is 18.1. The molecule has 3 aromatic rings. The molecular formula is C27H32O2. The van der Waals surface area contributed by atoms with E-state index in [1.807, 2.05) is 42.5 Å². The van der Waals surface area contributed by atoms with Gasteiger partial charge < -0.3 is 9.47 Å². The molecule has 29 heavy (non-hydrogen) atoms. The Hall–Kier alpha value is -2.58. The van der Waals surface area contributed by atoms with Crippen LogP contribution in [0.5, 0.6) is 11.5 Å². The third-order valence-corrected chi connectivity index (χ3v) is 5.77. The lowest BCUT2D eigenvalue weighted by atomic mass is 9.79. The zero-order chi connectivity index (χ0) is 20.7. The van der Waals surface area contributed by atoms with Gasteiger partial charge in [-0.15, -0.1) is 0 Å². The first-order valence-corrected chi connectivity index (χ1v) is 10.5. The van der Waals surface area contributed by atoms with Crippen LogP contribution in [0.4, 0.5) is 0 Å². The van der Waals surface area contributed by atoms with Crippen molar-refractivity contribution in [1.82, 2.24) is 0 Å². The Morgan fingerprint density at radius 3 is 2.31 bits per heavy atom. The highest BCUT2D eigenvalue weighted by molar-refractivity contribution is 5.36. The molecule has 2 nitrogen and oxygen atoms in total. The number of hydrogen-bond acceptors (Lipinski definition) is 2. The number of ether oxygens (including phenoxy) is 2. The van der Waals surface area contributed by atoms with Crippen LogP contribution >= 0.6 is 0 Å². The second-order valence-electron chi connectivity index (χ2n) is 7.96. The van der Waals surface area contributed by atoms with Crippen LogP contribution in [-0.2, 0) is 23.2 Å². The van der Waals surface area contributed by atoms with Crippen LogP contribution in [0.1, 0.15) is 49.4 Å². The summed E-state index contributed by atoms with van der Waals surface area (Å²) in [6.07, 6.45) is 2.10. The summed E-state index contributed by atoms with van der Waals surface area (Å²) in [4.78, 5) is 0. The van der Waals surface area contributed by atoms with E-state index in [1.165, 1.54) is 16.7 Å². The minimum atomic E-state index is 0.00969. The Balaban J connectivity index is 1.64.